The third-order valence-electron chi connectivity index (χ3n) is 6.10. The zero-order valence-electron chi connectivity index (χ0n) is 15.8. The number of aromatic carboxylic acids is 1. The van der Waals surface area contributed by atoms with E-state index in [9.17, 15) is 14.7 Å². The van der Waals surface area contributed by atoms with Gasteiger partial charge in [0.2, 0.25) is 5.91 Å². The molecule has 1 amide bonds. The van der Waals surface area contributed by atoms with Gasteiger partial charge in [-0.1, -0.05) is 51.8 Å². The number of hydrogen-bond acceptors (Lipinski definition) is 2. The van der Waals surface area contributed by atoms with Gasteiger partial charge < -0.3 is 10.0 Å². The predicted molar refractivity (Wildman–Crippen MR) is 119 cm³/mol. The molecule has 30 heavy (non-hydrogen) atoms. The number of carboxylic acid groups (broad SMARTS) is 1. The Balaban J connectivity index is 1.54. The molecule has 1 fully saturated rings. The van der Waals surface area contributed by atoms with Crippen LogP contribution in [0.25, 0.3) is 0 Å². The minimum atomic E-state index is -0.976. The number of nitrogens with zero attached hydrogens (tertiary/aromatic N) is 1. The van der Waals surface area contributed by atoms with E-state index < -0.39 is 11.4 Å². The molecule has 1 aliphatic heterocycles. The number of anilines is 1. The number of carbonyl (C=O) groups excluding carboxylic acids is 1. The zero-order valence-corrected chi connectivity index (χ0v) is 18.2. The molecule has 5 rings (SSSR count). The summed E-state index contributed by atoms with van der Waals surface area (Å²) in [6, 6.07) is 20.4. The van der Waals surface area contributed by atoms with Gasteiger partial charge >= 0.3 is 5.97 Å². The van der Waals surface area contributed by atoms with E-state index in [-0.39, 0.29) is 17.4 Å². The zero-order chi connectivity index (χ0) is 21.0. The number of hydrogen-bond donors (Lipinski definition) is 1. The van der Waals surface area contributed by atoms with Crippen molar-refractivity contribution in [1.82, 2.24) is 0 Å². The molecule has 1 heterocycles. The van der Waals surface area contributed by atoms with Gasteiger partial charge in [0, 0.05) is 21.1 Å². The van der Waals surface area contributed by atoms with Crippen LogP contribution in [0.2, 0.25) is 5.02 Å². The van der Waals surface area contributed by atoms with Gasteiger partial charge in [-0.3, -0.25) is 4.79 Å². The third kappa shape index (κ3) is 2.96. The lowest BCUT2D eigenvalue weighted by Gasteiger charge is -2.19. The maximum atomic E-state index is 13.7. The smallest absolute Gasteiger partial charge is 0.335 e. The Bertz CT molecular complexity index is 1190. The Morgan fingerprint density at radius 3 is 2.63 bits per heavy atom. The SMILES string of the molecule is O=C(O)c1cccc(CN2C(=O)[C@@]3(C[C@@H]3c3ccc(Cl)cc3)c3cc(Br)ccc32)c1. The van der Waals surface area contributed by atoms with Crippen molar-refractivity contribution >= 4 is 45.1 Å². The molecule has 1 aliphatic carbocycles. The summed E-state index contributed by atoms with van der Waals surface area (Å²) >= 11 is 9.59. The van der Waals surface area contributed by atoms with E-state index in [0.717, 1.165) is 33.3 Å². The van der Waals surface area contributed by atoms with E-state index in [1.54, 1.807) is 23.1 Å². The molecular formula is C24H17BrClNO3. The third-order valence-corrected chi connectivity index (χ3v) is 6.85. The summed E-state index contributed by atoms with van der Waals surface area (Å²) in [7, 11) is 0. The molecule has 1 N–H and O–H groups in total. The normalized spacial score (nSPS) is 21.7. The monoisotopic (exact) mass is 481 g/mol. The fourth-order valence-electron chi connectivity index (χ4n) is 4.60. The van der Waals surface area contributed by atoms with Gasteiger partial charge in [-0.2, -0.15) is 0 Å². The highest BCUT2D eigenvalue weighted by Gasteiger charge is 2.67. The van der Waals surface area contributed by atoms with Crippen LogP contribution in [-0.4, -0.2) is 17.0 Å². The predicted octanol–water partition coefficient (Wildman–Crippen LogP) is 5.77. The lowest BCUT2D eigenvalue weighted by Crippen LogP contribution is -2.32. The van der Waals surface area contributed by atoms with Gasteiger partial charge in [-0.15, -0.1) is 0 Å². The van der Waals surface area contributed by atoms with Gasteiger partial charge in [0.05, 0.1) is 17.5 Å². The summed E-state index contributed by atoms with van der Waals surface area (Å²) in [6.45, 7) is 0.337. The lowest BCUT2D eigenvalue weighted by molar-refractivity contribution is -0.120. The van der Waals surface area contributed by atoms with E-state index in [1.165, 1.54) is 0 Å². The molecule has 1 saturated carbocycles. The molecule has 0 aromatic heterocycles. The Morgan fingerprint density at radius 2 is 1.90 bits per heavy atom. The first-order chi connectivity index (χ1) is 14.4. The first-order valence-corrected chi connectivity index (χ1v) is 10.8. The Kier molecular flexibility index (Phi) is 4.49. The standard InChI is InChI=1S/C24H17BrClNO3/c25-17-6-9-21-19(11-17)24(12-20(24)15-4-7-18(26)8-5-15)23(30)27(21)13-14-2-1-3-16(10-14)22(28)29/h1-11,20H,12-13H2,(H,28,29)/t20-,24+/m1/s1. The fraction of sp³-hybridized carbons (Fsp3) is 0.167. The molecule has 2 atom stereocenters. The molecule has 0 radical (unpaired) electrons. The Morgan fingerprint density at radius 1 is 1.13 bits per heavy atom. The summed E-state index contributed by atoms with van der Waals surface area (Å²) in [5, 5.41) is 9.96. The van der Waals surface area contributed by atoms with Crippen molar-refractivity contribution in [3.63, 3.8) is 0 Å². The number of amides is 1. The van der Waals surface area contributed by atoms with Crippen molar-refractivity contribution in [2.75, 3.05) is 4.90 Å². The minimum absolute atomic E-state index is 0.0660. The second-order valence-corrected chi connectivity index (χ2v) is 9.19. The topological polar surface area (TPSA) is 57.6 Å². The molecule has 0 bridgehead atoms. The molecule has 4 nitrogen and oxygen atoms in total. The van der Waals surface area contributed by atoms with Crippen LogP contribution in [-0.2, 0) is 16.8 Å². The summed E-state index contributed by atoms with van der Waals surface area (Å²) in [5.41, 5.74) is 3.45. The summed E-state index contributed by atoms with van der Waals surface area (Å²) < 4.78 is 0.935. The molecule has 3 aromatic carbocycles. The van der Waals surface area contributed by atoms with Gasteiger partial charge in [0.15, 0.2) is 0 Å². The number of benzene rings is 3. The van der Waals surface area contributed by atoms with E-state index >= 15 is 0 Å². The first kappa shape index (κ1) is 19.3. The summed E-state index contributed by atoms with van der Waals surface area (Å²) in [4.78, 5) is 26.8. The van der Waals surface area contributed by atoms with Crippen molar-refractivity contribution in [1.29, 1.82) is 0 Å². The van der Waals surface area contributed by atoms with Crippen molar-refractivity contribution in [2.45, 2.75) is 24.3 Å². The van der Waals surface area contributed by atoms with Crippen LogP contribution in [0, 0.1) is 0 Å². The quantitative estimate of drug-likeness (QED) is 0.513. The van der Waals surface area contributed by atoms with Crippen LogP contribution in [0.1, 0.15) is 39.4 Å². The van der Waals surface area contributed by atoms with Crippen LogP contribution in [0.15, 0.2) is 71.2 Å². The maximum Gasteiger partial charge on any atom is 0.335 e. The molecule has 0 unspecified atom stereocenters. The number of rotatable bonds is 4. The second-order valence-electron chi connectivity index (χ2n) is 7.84. The van der Waals surface area contributed by atoms with Crippen LogP contribution < -0.4 is 4.90 Å². The van der Waals surface area contributed by atoms with Crippen molar-refractivity contribution in [3.05, 3.63) is 98.5 Å². The highest BCUT2D eigenvalue weighted by atomic mass is 79.9. The largest absolute Gasteiger partial charge is 0.478 e. The lowest BCUT2D eigenvalue weighted by atomic mass is 9.92. The Labute approximate surface area is 187 Å². The van der Waals surface area contributed by atoms with Gasteiger partial charge in [0.1, 0.15) is 0 Å². The van der Waals surface area contributed by atoms with E-state index in [0.29, 0.717) is 11.6 Å². The molecule has 6 heteroatoms. The van der Waals surface area contributed by atoms with Crippen molar-refractivity contribution in [2.24, 2.45) is 0 Å². The fourth-order valence-corrected chi connectivity index (χ4v) is 5.09. The van der Waals surface area contributed by atoms with Crippen LogP contribution in [0.3, 0.4) is 0 Å². The van der Waals surface area contributed by atoms with E-state index in [4.69, 9.17) is 11.6 Å². The molecule has 150 valence electrons. The highest BCUT2D eigenvalue weighted by Crippen LogP contribution is 2.66. The minimum Gasteiger partial charge on any atom is -0.478 e. The summed E-state index contributed by atoms with van der Waals surface area (Å²) in [5.74, 6) is -0.808. The highest BCUT2D eigenvalue weighted by molar-refractivity contribution is 9.10. The molecule has 0 saturated heterocycles. The number of carboxylic acids is 1. The van der Waals surface area contributed by atoms with Crippen LogP contribution in [0.5, 0.6) is 0 Å². The van der Waals surface area contributed by atoms with E-state index in [1.807, 2.05) is 48.5 Å². The number of carbonyl (C=O) groups is 2. The summed E-state index contributed by atoms with van der Waals surface area (Å²) in [6.07, 6.45) is 0.753. The van der Waals surface area contributed by atoms with Crippen molar-refractivity contribution < 1.29 is 14.7 Å². The van der Waals surface area contributed by atoms with Gasteiger partial charge in [-0.05, 0) is 65.6 Å². The van der Waals surface area contributed by atoms with Gasteiger partial charge in [0.25, 0.3) is 0 Å². The molecule has 2 aliphatic rings. The molecular weight excluding hydrogens is 466 g/mol. The van der Waals surface area contributed by atoms with Crippen molar-refractivity contribution in [3.8, 4) is 0 Å². The number of fused-ring (bicyclic) bond motifs is 2. The average Bonchev–Trinajstić information content (AvgIpc) is 3.45. The van der Waals surface area contributed by atoms with E-state index in [2.05, 4.69) is 15.9 Å². The van der Waals surface area contributed by atoms with Gasteiger partial charge in [-0.25, -0.2) is 4.79 Å². The van der Waals surface area contributed by atoms with Crippen LogP contribution in [0.4, 0.5) is 5.69 Å². The molecule has 1 spiro atoms. The first-order valence-electron chi connectivity index (χ1n) is 9.60. The number of halogens is 2. The maximum absolute atomic E-state index is 13.7. The Hall–Kier alpha value is -2.63. The average molecular weight is 483 g/mol. The molecule has 3 aromatic rings. The van der Waals surface area contributed by atoms with Crippen LogP contribution >= 0.6 is 27.5 Å². The second kappa shape index (κ2) is 6.96.